The summed E-state index contributed by atoms with van der Waals surface area (Å²) in [7, 11) is -3.64. The Hall–Kier alpha value is -2.71. The Balaban J connectivity index is 2.23. The van der Waals surface area contributed by atoms with E-state index >= 15 is 0 Å². The van der Waals surface area contributed by atoms with E-state index in [1.165, 1.54) is 4.90 Å². The number of nitrogens with one attached hydrogen (secondary N) is 1. The van der Waals surface area contributed by atoms with E-state index in [-0.39, 0.29) is 25.5 Å². The van der Waals surface area contributed by atoms with Crippen LogP contribution in [0.3, 0.4) is 0 Å². The largest absolute Gasteiger partial charge is 0.354 e. The summed E-state index contributed by atoms with van der Waals surface area (Å²) in [6, 6.07) is 17.7. The third kappa shape index (κ3) is 8.09. The van der Waals surface area contributed by atoms with E-state index < -0.39 is 22.0 Å². The van der Waals surface area contributed by atoms with Crippen LogP contribution in [0.25, 0.3) is 0 Å². The quantitative estimate of drug-likeness (QED) is 0.495. The van der Waals surface area contributed by atoms with Crippen molar-refractivity contribution >= 4 is 21.8 Å². The lowest BCUT2D eigenvalue weighted by Gasteiger charge is -2.31. The molecule has 1 atom stereocenters. The number of carbonyl (C=O) groups is 2. The van der Waals surface area contributed by atoms with E-state index in [9.17, 15) is 18.0 Å². The number of amides is 2. The van der Waals surface area contributed by atoms with Crippen LogP contribution in [0, 0.1) is 0 Å². The van der Waals surface area contributed by atoms with Gasteiger partial charge in [0.25, 0.3) is 0 Å². The van der Waals surface area contributed by atoms with Crippen molar-refractivity contribution in [2.75, 3.05) is 19.3 Å². The Morgan fingerprint density at radius 2 is 1.47 bits per heavy atom. The minimum atomic E-state index is -3.64. The predicted octanol–water partition coefficient (Wildman–Crippen LogP) is 2.78. The number of hydrogen-bond acceptors (Lipinski definition) is 4. The summed E-state index contributed by atoms with van der Waals surface area (Å²) < 4.78 is 26.0. The van der Waals surface area contributed by atoms with Gasteiger partial charge < -0.3 is 10.2 Å². The molecular weight excluding hydrogens is 426 g/mol. The van der Waals surface area contributed by atoms with Gasteiger partial charge in [0.15, 0.2) is 0 Å². The molecule has 2 amide bonds. The molecule has 0 aliphatic heterocycles. The molecule has 0 aliphatic rings. The Bertz CT molecular complexity index is 965. The second kappa shape index (κ2) is 12.4. The molecule has 0 spiro atoms. The maximum Gasteiger partial charge on any atom is 0.242 e. The van der Waals surface area contributed by atoms with Gasteiger partial charge in [0, 0.05) is 19.6 Å². The van der Waals surface area contributed by atoms with Gasteiger partial charge in [0.05, 0.1) is 12.8 Å². The number of sulfonamides is 1. The highest BCUT2D eigenvalue weighted by atomic mass is 32.2. The van der Waals surface area contributed by atoms with Crippen molar-refractivity contribution in [2.45, 2.75) is 45.8 Å². The van der Waals surface area contributed by atoms with Crippen LogP contribution in [0.15, 0.2) is 60.7 Å². The molecule has 0 heterocycles. The van der Waals surface area contributed by atoms with Crippen LogP contribution >= 0.6 is 0 Å². The molecule has 1 N–H and O–H groups in total. The normalized spacial score (nSPS) is 12.4. The molecule has 0 saturated heterocycles. The average molecular weight is 460 g/mol. The van der Waals surface area contributed by atoms with E-state index in [0.29, 0.717) is 6.54 Å². The molecule has 1 unspecified atom stereocenters. The zero-order valence-electron chi connectivity index (χ0n) is 19.0. The van der Waals surface area contributed by atoms with E-state index in [1.807, 2.05) is 67.6 Å². The van der Waals surface area contributed by atoms with Gasteiger partial charge in [-0.05, 0) is 24.5 Å². The molecule has 7 nitrogen and oxygen atoms in total. The Morgan fingerprint density at radius 3 is 1.97 bits per heavy atom. The molecule has 0 aromatic heterocycles. The van der Waals surface area contributed by atoms with Gasteiger partial charge in [-0.1, -0.05) is 74.0 Å². The topological polar surface area (TPSA) is 86.8 Å². The van der Waals surface area contributed by atoms with Gasteiger partial charge >= 0.3 is 0 Å². The lowest BCUT2D eigenvalue weighted by Crippen LogP contribution is -2.51. The second-order valence-corrected chi connectivity index (χ2v) is 9.83. The first-order chi connectivity index (χ1) is 15.2. The Morgan fingerprint density at radius 1 is 0.938 bits per heavy atom. The van der Waals surface area contributed by atoms with Crippen molar-refractivity contribution < 1.29 is 18.0 Å². The van der Waals surface area contributed by atoms with Gasteiger partial charge in [-0.3, -0.25) is 9.59 Å². The summed E-state index contributed by atoms with van der Waals surface area (Å²) in [5.74, 6) is -0.676. The van der Waals surface area contributed by atoms with Crippen LogP contribution in [0.2, 0.25) is 0 Å². The highest BCUT2D eigenvalue weighted by Gasteiger charge is 2.29. The zero-order valence-corrected chi connectivity index (χ0v) is 19.8. The fourth-order valence-corrected chi connectivity index (χ4v) is 3.95. The Kier molecular flexibility index (Phi) is 9.87. The summed E-state index contributed by atoms with van der Waals surface area (Å²) in [5, 5.41) is 2.86. The molecule has 0 aliphatic carbocycles. The average Bonchev–Trinajstić information content (AvgIpc) is 2.77. The molecule has 0 radical (unpaired) electrons. The molecule has 32 heavy (non-hydrogen) atoms. The number of benzene rings is 2. The fourth-order valence-electron chi connectivity index (χ4n) is 3.22. The van der Waals surface area contributed by atoms with E-state index in [0.717, 1.165) is 34.5 Å². The van der Waals surface area contributed by atoms with Crippen molar-refractivity contribution in [3.8, 4) is 0 Å². The van der Waals surface area contributed by atoms with Crippen LogP contribution in [0.5, 0.6) is 0 Å². The minimum absolute atomic E-state index is 0.0850. The summed E-state index contributed by atoms with van der Waals surface area (Å²) in [6.07, 6.45) is 2.89. The zero-order chi connectivity index (χ0) is 23.6. The highest BCUT2D eigenvalue weighted by molar-refractivity contribution is 7.88. The van der Waals surface area contributed by atoms with Crippen LogP contribution in [-0.2, 0) is 32.7 Å². The number of carbonyl (C=O) groups excluding carboxylic acids is 2. The minimum Gasteiger partial charge on any atom is -0.354 e. The summed E-state index contributed by atoms with van der Waals surface area (Å²) in [5.41, 5.74) is 1.65. The van der Waals surface area contributed by atoms with Gasteiger partial charge in [0.1, 0.15) is 6.04 Å². The maximum atomic E-state index is 13.3. The highest BCUT2D eigenvalue weighted by Crippen LogP contribution is 2.13. The van der Waals surface area contributed by atoms with Crippen LogP contribution in [0.1, 0.15) is 37.8 Å². The lowest BCUT2D eigenvalue weighted by molar-refractivity contribution is -0.140. The number of hydrogen-bond donors (Lipinski definition) is 1. The third-order valence-corrected chi connectivity index (χ3v) is 6.37. The molecule has 2 aromatic rings. The second-order valence-electron chi connectivity index (χ2n) is 7.84. The smallest absolute Gasteiger partial charge is 0.242 e. The first-order valence-electron chi connectivity index (χ1n) is 10.8. The summed E-state index contributed by atoms with van der Waals surface area (Å²) >= 11 is 0. The number of unbranched alkanes of at least 4 members (excludes halogenated alkanes) is 1. The van der Waals surface area contributed by atoms with E-state index in [2.05, 4.69) is 5.32 Å². The molecular formula is C24H33N3O4S. The first kappa shape index (κ1) is 25.5. The van der Waals surface area contributed by atoms with Gasteiger partial charge in [-0.2, -0.15) is 4.31 Å². The van der Waals surface area contributed by atoms with Crippen molar-refractivity contribution in [1.82, 2.24) is 14.5 Å². The number of rotatable bonds is 12. The SMILES string of the molecule is CCCCNC(=O)C(C)N(Cc1ccccc1)C(=O)CN(Cc1ccccc1)S(C)(=O)=O. The molecule has 2 rings (SSSR count). The Labute approximate surface area is 191 Å². The third-order valence-electron chi connectivity index (χ3n) is 5.17. The monoisotopic (exact) mass is 459 g/mol. The molecule has 2 aromatic carbocycles. The molecule has 174 valence electrons. The predicted molar refractivity (Wildman–Crippen MR) is 126 cm³/mol. The standard InChI is InChI=1S/C24H33N3O4S/c1-4-5-16-25-24(29)20(2)27(18-22-14-10-7-11-15-22)23(28)19-26(32(3,30)31)17-21-12-8-6-9-13-21/h6-15,20H,4-5,16-19H2,1-3H3,(H,25,29). The molecule has 0 fully saturated rings. The van der Waals surface area contributed by atoms with E-state index in [1.54, 1.807) is 6.92 Å². The lowest BCUT2D eigenvalue weighted by atomic mass is 10.1. The van der Waals surface area contributed by atoms with Gasteiger partial charge in [0.2, 0.25) is 21.8 Å². The van der Waals surface area contributed by atoms with Gasteiger partial charge in [-0.25, -0.2) is 8.42 Å². The van der Waals surface area contributed by atoms with E-state index in [4.69, 9.17) is 0 Å². The number of nitrogens with zero attached hydrogens (tertiary/aromatic N) is 2. The van der Waals surface area contributed by atoms with Crippen molar-refractivity contribution in [1.29, 1.82) is 0 Å². The van der Waals surface area contributed by atoms with Crippen LogP contribution in [-0.4, -0.2) is 54.8 Å². The van der Waals surface area contributed by atoms with Crippen molar-refractivity contribution in [2.24, 2.45) is 0 Å². The fraction of sp³-hybridized carbons (Fsp3) is 0.417. The summed E-state index contributed by atoms with van der Waals surface area (Å²) in [4.78, 5) is 27.4. The van der Waals surface area contributed by atoms with Crippen LogP contribution in [0.4, 0.5) is 0 Å². The van der Waals surface area contributed by atoms with Crippen molar-refractivity contribution in [3.05, 3.63) is 71.8 Å². The van der Waals surface area contributed by atoms with Gasteiger partial charge in [-0.15, -0.1) is 0 Å². The van der Waals surface area contributed by atoms with Crippen LogP contribution < -0.4 is 5.32 Å². The first-order valence-corrected chi connectivity index (χ1v) is 12.7. The molecule has 0 saturated carbocycles. The molecule has 8 heteroatoms. The van der Waals surface area contributed by atoms with Crippen molar-refractivity contribution in [3.63, 3.8) is 0 Å². The summed E-state index contributed by atoms with van der Waals surface area (Å²) in [6.45, 7) is 4.20. The maximum absolute atomic E-state index is 13.3. The molecule has 0 bridgehead atoms.